The number of carbonyl (C=O) groups excluding carboxylic acids is 1. The van der Waals surface area contributed by atoms with Gasteiger partial charge in [-0.1, -0.05) is 30.8 Å². The van der Waals surface area contributed by atoms with Gasteiger partial charge in [0.25, 0.3) is 0 Å². The van der Waals surface area contributed by atoms with Crippen molar-refractivity contribution >= 4 is 39.8 Å². The minimum Gasteiger partial charge on any atom is -0.274 e. The van der Waals surface area contributed by atoms with Crippen LogP contribution < -0.4 is 4.90 Å². The molecule has 0 unspecified atom stereocenters. The van der Waals surface area contributed by atoms with Crippen LogP contribution >= 0.6 is 23.1 Å². The van der Waals surface area contributed by atoms with Gasteiger partial charge >= 0.3 is 0 Å². The van der Waals surface area contributed by atoms with E-state index in [0.717, 1.165) is 34.1 Å². The van der Waals surface area contributed by atoms with E-state index in [9.17, 15) is 10.1 Å². The molecule has 2 aromatic heterocycles. The SMILES string of the molecule is CCc1ccc(N(C(C)=O)c2nc(CSc3nc(C)cc(C)c3C#N)cs2)cc1. The Morgan fingerprint density at radius 1 is 1.24 bits per heavy atom. The first kappa shape index (κ1) is 21.0. The van der Waals surface area contributed by atoms with Crippen LogP contribution in [0.2, 0.25) is 0 Å². The Morgan fingerprint density at radius 3 is 2.59 bits per heavy atom. The molecule has 0 aliphatic heterocycles. The van der Waals surface area contributed by atoms with Crippen molar-refractivity contribution in [2.24, 2.45) is 0 Å². The van der Waals surface area contributed by atoms with E-state index in [4.69, 9.17) is 0 Å². The van der Waals surface area contributed by atoms with Crippen molar-refractivity contribution in [3.05, 3.63) is 63.8 Å². The van der Waals surface area contributed by atoms with E-state index < -0.39 is 0 Å². The number of hydrogen-bond donors (Lipinski definition) is 0. The summed E-state index contributed by atoms with van der Waals surface area (Å²) in [6, 6.07) is 12.1. The molecule has 0 N–H and O–H groups in total. The molecule has 0 aliphatic rings. The maximum absolute atomic E-state index is 12.3. The molecule has 148 valence electrons. The number of amides is 1. The third-order valence-electron chi connectivity index (χ3n) is 4.43. The van der Waals surface area contributed by atoms with Crippen LogP contribution in [-0.4, -0.2) is 15.9 Å². The standard InChI is InChI=1S/C22H22N4OS2/c1-5-17-6-8-19(9-7-17)26(16(4)27)22-25-18(13-29-22)12-28-21-20(11-23)14(2)10-15(3)24-21/h6-10,13H,5,12H2,1-4H3. The van der Waals surface area contributed by atoms with Crippen LogP contribution in [0.4, 0.5) is 10.8 Å². The number of hydrogen-bond acceptors (Lipinski definition) is 6. The van der Waals surface area contributed by atoms with Gasteiger partial charge in [0.2, 0.25) is 5.91 Å². The lowest BCUT2D eigenvalue weighted by Gasteiger charge is -2.18. The molecule has 0 aliphatic carbocycles. The van der Waals surface area contributed by atoms with Crippen LogP contribution in [0.15, 0.2) is 40.7 Å². The summed E-state index contributed by atoms with van der Waals surface area (Å²) in [6.07, 6.45) is 0.954. The quantitative estimate of drug-likeness (QED) is 0.486. The summed E-state index contributed by atoms with van der Waals surface area (Å²) in [5.41, 5.74) is 5.32. The molecular weight excluding hydrogens is 400 g/mol. The van der Waals surface area contributed by atoms with Crippen molar-refractivity contribution in [3.8, 4) is 6.07 Å². The molecule has 1 aromatic carbocycles. The van der Waals surface area contributed by atoms with Crippen LogP contribution in [0.5, 0.6) is 0 Å². The first-order valence-electron chi connectivity index (χ1n) is 9.28. The Kier molecular flexibility index (Phi) is 6.68. The summed E-state index contributed by atoms with van der Waals surface area (Å²) in [5, 5.41) is 12.7. The highest BCUT2D eigenvalue weighted by molar-refractivity contribution is 7.98. The van der Waals surface area contributed by atoms with E-state index >= 15 is 0 Å². The van der Waals surface area contributed by atoms with Gasteiger partial charge < -0.3 is 0 Å². The Morgan fingerprint density at radius 2 is 1.97 bits per heavy atom. The van der Waals surface area contributed by atoms with Gasteiger partial charge in [-0.25, -0.2) is 9.97 Å². The number of benzene rings is 1. The normalized spacial score (nSPS) is 10.6. The molecule has 0 atom stereocenters. The molecule has 0 fully saturated rings. The predicted octanol–water partition coefficient (Wildman–Crippen LogP) is 5.57. The lowest BCUT2D eigenvalue weighted by Crippen LogP contribution is -2.22. The third kappa shape index (κ3) is 4.84. The van der Waals surface area contributed by atoms with Gasteiger partial charge in [0.1, 0.15) is 11.1 Å². The third-order valence-corrected chi connectivity index (χ3v) is 6.31. The summed E-state index contributed by atoms with van der Waals surface area (Å²) in [5.74, 6) is 0.507. The predicted molar refractivity (Wildman–Crippen MR) is 119 cm³/mol. The second-order valence-electron chi connectivity index (χ2n) is 6.66. The van der Waals surface area contributed by atoms with E-state index in [2.05, 4.69) is 23.0 Å². The molecule has 0 saturated heterocycles. The Labute approximate surface area is 179 Å². The van der Waals surface area contributed by atoms with Crippen molar-refractivity contribution in [2.45, 2.75) is 44.9 Å². The second kappa shape index (κ2) is 9.21. The van der Waals surface area contributed by atoms with Crippen LogP contribution in [0.3, 0.4) is 0 Å². The number of carbonyl (C=O) groups is 1. The summed E-state index contributed by atoms with van der Waals surface area (Å²) >= 11 is 2.93. The van der Waals surface area contributed by atoms with Crippen LogP contribution in [-0.2, 0) is 17.0 Å². The van der Waals surface area contributed by atoms with Gasteiger partial charge in [0, 0.05) is 23.8 Å². The molecule has 7 heteroatoms. The summed E-state index contributed by atoms with van der Waals surface area (Å²) in [4.78, 5) is 23.1. The van der Waals surface area contributed by atoms with Gasteiger partial charge in [0.15, 0.2) is 5.13 Å². The van der Waals surface area contributed by atoms with E-state index in [0.29, 0.717) is 16.4 Å². The lowest BCUT2D eigenvalue weighted by atomic mass is 10.1. The fourth-order valence-corrected chi connectivity index (χ4v) is 4.94. The number of rotatable bonds is 6. The molecule has 29 heavy (non-hydrogen) atoms. The Bertz CT molecular complexity index is 1070. The minimum atomic E-state index is -0.0782. The minimum absolute atomic E-state index is 0.0782. The zero-order valence-corrected chi connectivity index (χ0v) is 18.5. The van der Waals surface area contributed by atoms with Crippen molar-refractivity contribution in [1.29, 1.82) is 5.26 Å². The number of thioether (sulfide) groups is 1. The summed E-state index contributed by atoms with van der Waals surface area (Å²) in [6.45, 7) is 7.49. The van der Waals surface area contributed by atoms with Gasteiger partial charge in [-0.15, -0.1) is 11.3 Å². The first-order chi connectivity index (χ1) is 13.9. The first-order valence-corrected chi connectivity index (χ1v) is 11.1. The number of nitriles is 1. The molecule has 0 radical (unpaired) electrons. The van der Waals surface area contributed by atoms with E-state index in [1.807, 2.05) is 49.6 Å². The largest absolute Gasteiger partial charge is 0.274 e. The fraction of sp³-hybridized carbons (Fsp3) is 0.273. The highest BCUT2D eigenvalue weighted by Crippen LogP contribution is 2.32. The average molecular weight is 423 g/mol. The lowest BCUT2D eigenvalue weighted by molar-refractivity contribution is -0.115. The number of thiazole rings is 1. The topological polar surface area (TPSA) is 69.9 Å². The average Bonchev–Trinajstić information content (AvgIpc) is 3.15. The summed E-state index contributed by atoms with van der Waals surface area (Å²) in [7, 11) is 0. The van der Waals surface area contributed by atoms with Crippen molar-refractivity contribution in [3.63, 3.8) is 0 Å². The molecule has 0 bridgehead atoms. The van der Waals surface area contributed by atoms with Crippen LogP contribution in [0.25, 0.3) is 0 Å². The number of aromatic nitrogens is 2. The van der Waals surface area contributed by atoms with E-state index in [1.165, 1.54) is 28.7 Å². The van der Waals surface area contributed by atoms with E-state index in [1.54, 1.807) is 11.8 Å². The molecule has 5 nitrogen and oxygen atoms in total. The Balaban J connectivity index is 1.81. The number of nitrogens with zero attached hydrogens (tertiary/aromatic N) is 4. The molecular formula is C22H22N4OS2. The van der Waals surface area contributed by atoms with Gasteiger partial charge in [-0.05, 0) is 49.6 Å². The van der Waals surface area contributed by atoms with E-state index in [-0.39, 0.29) is 5.91 Å². The second-order valence-corrected chi connectivity index (χ2v) is 8.46. The zero-order chi connectivity index (χ0) is 21.0. The van der Waals surface area contributed by atoms with Crippen LogP contribution in [0.1, 0.15) is 41.9 Å². The monoisotopic (exact) mass is 422 g/mol. The number of aryl methyl sites for hydroxylation is 3. The van der Waals surface area contributed by atoms with Crippen molar-refractivity contribution < 1.29 is 4.79 Å². The number of pyridine rings is 1. The fourth-order valence-electron chi connectivity index (χ4n) is 2.96. The molecule has 0 saturated carbocycles. The molecule has 0 spiro atoms. The highest BCUT2D eigenvalue weighted by atomic mass is 32.2. The summed E-state index contributed by atoms with van der Waals surface area (Å²) < 4.78 is 0. The van der Waals surface area contributed by atoms with Gasteiger partial charge in [0.05, 0.1) is 16.9 Å². The maximum atomic E-state index is 12.3. The number of anilines is 2. The van der Waals surface area contributed by atoms with Crippen molar-refractivity contribution in [1.82, 2.24) is 9.97 Å². The Hall–Kier alpha value is -2.69. The zero-order valence-electron chi connectivity index (χ0n) is 16.9. The van der Waals surface area contributed by atoms with Gasteiger partial charge in [-0.3, -0.25) is 9.69 Å². The molecule has 2 heterocycles. The molecule has 1 amide bonds. The molecule has 3 rings (SSSR count). The van der Waals surface area contributed by atoms with Crippen LogP contribution in [0, 0.1) is 25.2 Å². The highest BCUT2D eigenvalue weighted by Gasteiger charge is 2.18. The maximum Gasteiger partial charge on any atom is 0.230 e. The van der Waals surface area contributed by atoms with Crippen molar-refractivity contribution in [2.75, 3.05) is 4.90 Å². The van der Waals surface area contributed by atoms with Gasteiger partial charge in [-0.2, -0.15) is 5.26 Å². The smallest absolute Gasteiger partial charge is 0.230 e. The molecule has 3 aromatic rings.